The van der Waals surface area contributed by atoms with E-state index in [2.05, 4.69) is 217 Å². The molecule has 1 aromatic heterocycles. The largest absolute Gasteiger partial charge is 0.309 e. The van der Waals surface area contributed by atoms with Crippen LogP contribution in [0.5, 0.6) is 0 Å². The van der Waals surface area contributed by atoms with Gasteiger partial charge in [-0.1, -0.05) is 176 Å². The highest BCUT2D eigenvalue weighted by molar-refractivity contribution is 7.26. The predicted molar refractivity (Wildman–Crippen MR) is 243 cm³/mol. The van der Waals surface area contributed by atoms with E-state index in [1.807, 2.05) is 11.3 Å². The van der Waals surface area contributed by atoms with Crippen LogP contribution in [-0.2, 0) is 0 Å². The summed E-state index contributed by atoms with van der Waals surface area (Å²) in [6, 6.07) is 77.7. The second kappa shape index (κ2) is 13.4. The van der Waals surface area contributed by atoms with Crippen molar-refractivity contribution < 1.29 is 0 Å². The van der Waals surface area contributed by atoms with Crippen molar-refractivity contribution >= 4 is 80.9 Å². The van der Waals surface area contributed by atoms with E-state index in [-0.39, 0.29) is 0 Å². The number of benzene rings is 10. The second-order valence-electron chi connectivity index (χ2n) is 14.4. The fourth-order valence-corrected chi connectivity index (χ4v) is 9.87. The number of thiophene rings is 1. The minimum absolute atomic E-state index is 1.12. The quantitative estimate of drug-likeness (QED) is 0.154. The first-order chi connectivity index (χ1) is 27.8. The zero-order chi connectivity index (χ0) is 37.0. The van der Waals surface area contributed by atoms with Crippen LogP contribution in [0.3, 0.4) is 0 Å². The number of hydrogen-bond acceptors (Lipinski definition) is 2. The Labute approximate surface area is 330 Å². The van der Waals surface area contributed by atoms with E-state index in [1.54, 1.807) is 0 Å². The third-order valence-electron chi connectivity index (χ3n) is 11.3. The van der Waals surface area contributed by atoms with Gasteiger partial charge in [-0.3, -0.25) is 0 Å². The summed E-state index contributed by atoms with van der Waals surface area (Å²) in [4.78, 5) is 2.45. The van der Waals surface area contributed by atoms with Gasteiger partial charge in [-0.25, -0.2) is 0 Å². The smallest absolute Gasteiger partial charge is 0.0640 e. The van der Waals surface area contributed by atoms with Crippen molar-refractivity contribution in [2.24, 2.45) is 0 Å². The van der Waals surface area contributed by atoms with Gasteiger partial charge in [0.05, 0.1) is 10.4 Å². The van der Waals surface area contributed by atoms with Crippen LogP contribution in [0.25, 0.3) is 85.9 Å². The van der Waals surface area contributed by atoms with Gasteiger partial charge in [0.25, 0.3) is 0 Å². The third-order valence-corrected chi connectivity index (χ3v) is 12.5. The van der Waals surface area contributed by atoms with Crippen molar-refractivity contribution in [3.8, 4) is 33.4 Å². The molecule has 0 amide bonds. The molecule has 2 heteroatoms. The summed E-state index contributed by atoms with van der Waals surface area (Å²) < 4.78 is 2.58. The summed E-state index contributed by atoms with van der Waals surface area (Å²) >= 11 is 1.87. The number of anilines is 3. The topological polar surface area (TPSA) is 3.24 Å². The van der Waals surface area contributed by atoms with E-state index in [9.17, 15) is 0 Å². The zero-order valence-electron chi connectivity index (χ0n) is 30.6. The van der Waals surface area contributed by atoms with Crippen molar-refractivity contribution in [3.05, 3.63) is 212 Å². The van der Waals surface area contributed by atoms with E-state index in [4.69, 9.17) is 0 Å². The van der Waals surface area contributed by atoms with Crippen molar-refractivity contribution in [2.45, 2.75) is 0 Å². The molecule has 10 aromatic carbocycles. The average Bonchev–Trinajstić information content (AvgIpc) is 3.66. The fourth-order valence-electron chi connectivity index (χ4n) is 8.66. The first-order valence-electron chi connectivity index (χ1n) is 19.2. The maximum atomic E-state index is 2.45. The number of hydrogen-bond donors (Lipinski definition) is 0. The summed E-state index contributed by atoms with van der Waals surface area (Å²) in [5, 5.41) is 10.2. The van der Waals surface area contributed by atoms with Crippen LogP contribution >= 0.6 is 11.3 Å². The molecule has 0 fully saturated rings. The average molecular weight is 730 g/mol. The Balaban J connectivity index is 1.08. The molecule has 0 aliphatic heterocycles. The highest BCUT2D eigenvalue weighted by Crippen LogP contribution is 2.46. The van der Waals surface area contributed by atoms with E-state index < -0.39 is 0 Å². The highest BCUT2D eigenvalue weighted by atomic mass is 32.1. The fraction of sp³-hybridized carbons (Fsp3) is 0. The molecule has 0 atom stereocenters. The van der Waals surface area contributed by atoms with E-state index in [0.29, 0.717) is 0 Å². The van der Waals surface area contributed by atoms with Crippen LogP contribution in [0.2, 0.25) is 0 Å². The SMILES string of the molecule is c1ccc(-c2cccc3c2ccc2c(-c4cccc(N(c5ccc(-c6cccc7ccccc67)cc5)c5cccc6c5sc5ccccc56)c4)cccc23)cc1. The molecule has 0 aliphatic carbocycles. The molecule has 56 heavy (non-hydrogen) atoms. The monoisotopic (exact) mass is 729 g/mol. The van der Waals surface area contributed by atoms with Gasteiger partial charge < -0.3 is 4.90 Å². The molecule has 0 unspecified atom stereocenters. The Bertz CT molecular complexity index is 3240. The summed E-state index contributed by atoms with van der Waals surface area (Å²) in [7, 11) is 0. The Morgan fingerprint density at radius 3 is 1.62 bits per heavy atom. The van der Waals surface area contributed by atoms with Gasteiger partial charge in [0.1, 0.15) is 0 Å². The summed E-state index contributed by atoms with van der Waals surface area (Å²) in [5.74, 6) is 0. The van der Waals surface area contributed by atoms with E-state index >= 15 is 0 Å². The minimum atomic E-state index is 1.12. The summed E-state index contributed by atoms with van der Waals surface area (Å²) in [6.45, 7) is 0. The van der Waals surface area contributed by atoms with Gasteiger partial charge in [-0.05, 0) is 102 Å². The minimum Gasteiger partial charge on any atom is -0.309 e. The number of fused-ring (bicyclic) bond motifs is 7. The molecule has 11 aromatic rings. The maximum absolute atomic E-state index is 2.45. The van der Waals surface area contributed by atoms with E-state index in [1.165, 1.54) is 91.6 Å². The first-order valence-corrected chi connectivity index (χ1v) is 20.0. The lowest BCUT2D eigenvalue weighted by molar-refractivity contribution is 1.30. The van der Waals surface area contributed by atoms with Crippen molar-refractivity contribution in [3.63, 3.8) is 0 Å². The second-order valence-corrected chi connectivity index (χ2v) is 15.5. The molecule has 11 rings (SSSR count). The molecular formula is C54H35NS. The lowest BCUT2D eigenvalue weighted by atomic mass is 9.91. The lowest BCUT2D eigenvalue weighted by Crippen LogP contribution is -2.10. The Morgan fingerprint density at radius 2 is 0.839 bits per heavy atom. The summed E-state index contributed by atoms with van der Waals surface area (Å²) in [6.07, 6.45) is 0. The predicted octanol–water partition coefficient (Wildman–Crippen LogP) is 16.0. The molecule has 0 N–H and O–H groups in total. The van der Waals surface area contributed by atoms with Crippen molar-refractivity contribution in [1.29, 1.82) is 0 Å². The number of nitrogens with zero attached hydrogens (tertiary/aromatic N) is 1. The molecule has 0 bridgehead atoms. The summed E-state index contributed by atoms with van der Waals surface area (Å²) in [5.41, 5.74) is 10.8. The van der Waals surface area contributed by atoms with Crippen LogP contribution in [0.1, 0.15) is 0 Å². The van der Waals surface area contributed by atoms with Crippen molar-refractivity contribution in [1.82, 2.24) is 0 Å². The van der Waals surface area contributed by atoms with Gasteiger partial charge in [0.15, 0.2) is 0 Å². The van der Waals surface area contributed by atoms with E-state index in [0.717, 1.165) is 11.4 Å². The van der Waals surface area contributed by atoms with Gasteiger partial charge in [0.2, 0.25) is 0 Å². The Kier molecular flexibility index (Phi) is 7.75. The van der Waals surface area contributed by atoms with Crippen molar-refractivity contribution in [2.75, 3.05) is 4.90 Å². The van der Waals surface area contributed by atoms with Gasteiger partial charge in [0, 0.05) is 26.8 Å². The third kappa shape index (κ3) is 5.38. The molecular weight excluding hydrogens is 695 g/mol. The molecule has 0 radical (unpaired) electrons. The number of rotatable bonds is 6. The molecule has 0 saturated heterocycles. The lowest BCUT2D eigenvalue weighted by Gasteiger charge is -2.27. The molecule has 262 valence electrons. The zero-order valence-corrected chi connectivity index (χ0v) is 31.4. The molecule has 0 saturated carbocycles. The van der Waals surface area contributed by atoms with Crippen LogP contribution in [0, 0.1) is 0 Å². The molecule has 0 spiro atoms. The van der Waals surface area contributed by atoms with Gasteiger partial charge in [-0.15, -0.1) is 11.3 Å². The van der Waals surface area contributed by atoms with Gasteiger partial charge in [-0.2, -0.15) is 0 Å². The molecule has 0 aliphatic rings. The Hall–Kier alpha value is -7.00. The van der Waals surface area contributed by atoms with Gasteiger partial charge >= 0.3 is 0 Å². The standard InChI is InChI=1S/C54H35NS/c1-2-13-36(14-3-1)44-22-10-24-46-47-25-11-23-45(49(47)34-33-48(44)46)39-17-8-18-41(35-39)55(52-27-12-26-51-50-20-6-7-28-53(50)56-54(51)52)40-31-29-38(30-32-40)43-21-9-16-37-15-4-5-19-42(37)43/h1-35H. The Morgan fingerprint density at radius 1 is 0.304 bits per heavy atom. The molecule has 1 nitrogen and oxygen atoms in total. The highest BCUT2D eigenvalue weighted by Gasteiger charge is 2.19. The van der Waals surface area contributed by atoms with Crippen LogP contribution in [0.15, 0.2) is 212 Å². The first kappa shape index (κ1) is 32.4. The maximum Gasteiger partial charge on any atom is 0.0640 e. The normalized spacial score (nSPS) is 11.6. The van der Waals surface area contributed by atoms with Crippen LogP contribution < -0.4 is 4.90 Å². The van der Waals surface area contributed by atoms with Crippen LogP contribution in [-0.4, -0.2) is 0 Å². The molecule has 1 heterocycles. The van der Waals surface area contributed by atoms with Crippen LogP contribution in [0.4, 0.5) is 17.1 Å².